The number of hydrogen-bond donors (Lipinski definition) is 3. The zero-order valence-corrected chi connectivity index (χ0v) is 14.7. The number of rotatable bonds is 4. The summed E-state index contributed by atoms with van der Waals surface area (Å²) in [5.41, 5.74) is -4.95. The number of esters is 1. The lowest BCUT2D eigenvalue weighted by Crippen LogP contribution is -2.81. The summed E-state index contributed by atoms with van der Waals surface area (Å²) in [6.45, 7) is 7.32. The minimum atomic E-state index is -2.08. The molecule has 3 N–H and O–H groups in total. The maximum absolute atomic E-state index is 12.7. The fraction of sp³-hybridized carbons (Fsp3) is 0.733. The topological polar surface area (TPSA) is 133 Å². The van der Waals surface area contributed by atoms with E-state index >= 15 is 0 Å². The van der Waals surface area contributed by atoms with E-state index in [0.717, 1.165) is 11.8 Å². The summed E-state index contributed by atoms with van der Waals surface area (Å²) in [5, 5.41) is 21.6. The van der Waals surface area contributed by atoms with Crippen LogP contribution in [-0.4, -0.2) is 63.3 Å². The standard InChI is InChI=1S/C15H24N2O7/c1-7-15(11(21)22)16-14(5,10(19)20)8(9(18)17(15)6)24-12(23)13(2,3)4/h8,16H,7H2,1-6H3,(H,19,20)(H,21,22). The number of aliphatic carboxylic acids is 2. The molecule has 0 aromatic heterocycles. The smallest absolute Gasteiger partial charge is 0.344 e. The van der Waals surface area contributed by atoms with Crippen LogP contribution >= 0.6 is 0 Å². The van der Waals surface area contributed by atoms with Gasteiger partial charge in [-0.05, 0) is 34.1 Å². The van der Waals surface area contributed by atoms with E-state index in [-0.39, 0.29) is 6.42 Å². The summed E-state index contributed by atoms with van der Waals surface area (Å²) in [7, 11) is 1.23. The second-order valence-corrected chi connectivity index (χ2v) is 7.08. The normalized spacial score (nSPS) is 30.8. The Morgan fingerprint density at radius 3 is 2.08 bits per heavy atom. The molecule has 1 fully saturated rings. The van der Waals surface area contributed by atoms with E-state index < -0.39 is 46.5 Å². The summed E-state index contributed by atoms with van der Waals surface area (Å²) < 4.78 is 5.17. The fourth-order valence-electron chi connectivity index (χ4n) is 2.48. The maximum atomic E-state index is 12.7. The number of amides is 1. The number of carbonyl (C=O) groups excluding carboxylic acids is 2. The predicted molar refractivity (Wildman–Crippen MR) is 81.9 cm³/mol. The molecule has 1 saturated heterocycles. The first-order valence-electron chi connectivity index (χ1n) is 7.49. The molecule has 1 rings (SSSR count). The van der Waals surface area contributed by atoms with E-state index in [1.165, 1.54) is 14.0 Å². The van der Waals surface area contributed by atoms with Gasteiger partial charge in [-0.25, -0.2) is 4.79 Å². The Balaban J connectivity index is 3.41. The molecule has 1 amide bonds. The second-order valence-electron chi connectivity index (χ2n) is 7.08. The van der Waals surface area contributed by atoms with Gasteiger partial charge < -0.3 is 19.8 Å². The van der Waals surface area contributed by atoms with Crippen molar-refractivity contribution in [1.82, 2.24) is 10.2 Å². The van der Waals surface area contributed by atoms with E-state index in [1.807, 2.05) is 0 Å². The van der Waals surface area contributed by atoms with Gasteiger partial charge in [-0.15, -0.1) is 0 Å². The lowest BCUT2D eigenvalue weighted by molar-refractivity contribution is -0.196. The van der Waals surface area contributed by atoms with Crippen molar-refractivity contribution in [2.75, 3.05) is 7.05 Å². The number of carboxylic acids is 2. The maximum Gasteiger partial charge on any atom is 0.344 e. The van der Waals surface area contributed by atoms with E-state index in [4.69, 9.17) is 4.74 Å². The number of likely N-dealkylation sites (N-methyl/N-ethyl adjacent to an activating group) is 1. The van der Waals surface area contributed by atoms with Crippen molar-refractivity contribution in [2.24, 2.45) is 5.41 Å². The molecule has 0 radical (unpaired) electrons. The number of hydrogen-bond acceptors (Lipinski definition) is 6. The quantitative estimate of drug-likeness (QED) is 0.609. The largest absolute Gasteiger partial charge is 0.480 e. The third-order valence-electron chi connectivity index (χ3n) is 4.27. The molecule has 136 valence electrons. The Morgan fingerprint density at radius 1 is 1.25 bits per heavy atom. The first kappa shape index (κ1) is 19.9. The van der Waals surface area contributed by atoms with E-state index in [2.05, 4.69) is 5.32 Å². The zero-order chi connectivity index (χ0) is 19.1. The summed E-state index contributed by atoms with van der Waals surface area (Å²) in [4.78, 5) is 49.2. The third-order valence-corrected chi connectivity index (χ3v) is 4.27. The SMILES string of the molecule is CCC1(C(=O)O)NC(C)(C(=O)O)C(OC(=O)C(C)(C)C)C(=O)N1C. The number of ether oxygens (including phenoxy) is 1. The van der Waals surface area contributed by atoms with Gasteiger partial charge in [0, 0.05) is 7.05 Å². The Kier molecular flexibility index (Phi) is 5.01. The Morgan fingerprint density at radius 2 is 1.75 bits per heavy atom. The van der Waals surface area contributed by atoms with Crippen LogP contribution in [0.15, 0.2) is 0 Å². The first-order chi connectivity index (χ1) is 10.7. The molecule has 1 aliphatic rings. The molecular formula is C15H24N2O7. The Bertz CT molecular complexity index is 583. The van der Waals surface area contributed by atoms with Crippen LogP contribution in [0.3, 0.4) is 0 Å². The highest BCUT2D eigenvalue weighted by molar-refractivity contribution is 5.99. The molecule has 3 unspecified atom stereocenters. The Hall–Kier alpha value is -2.16. The fourth-order valence-corrected chi connectivity index (χ4v) is 2.48. The molecule has 0 aromatic rings. The molecule has 24 heavy (non-hydrogen) atoms. The monoisotopic (exact) mass is 344 g/mol. The van der Waals surface area contributed by atoms with Gasteiger partial charge in [-0.1, -0.05) is 6.92 Å². The zero-order valence-electron chi connectivity index (χ0n) is 14.7. The molecule has 0 bridgehead atoms. The van der Waals surface area contributed by atoms with Crippen LogP contribution in [0.1, 0.15) is 41.0 Å². The van der Waals surface area contributed by atoms with E-state index in [9.17, 15) is 29.4 Å². The summed E-state index contributed by atoms with van der Waals surface area (Å²) >= 11 is 0. The van der Waals surface area contributed by atoms with Crippen molar-refractivity contribution in [2.45, 2.75) is 58.3 Å². The van der Waals surface area contributed by atoms with Crippen LogP contribution in [0.4, 0.5) is 0 Å². The first-order valence-corrected chi connectivity index (χ1v) is 7.49. The average Bonchev–Trinajstić information content (AvgIpc) is 2.45. The van der Waals surface area contributed by atoms with Gasteiger partial charge >= 0.3 is 17.9 Å². The van der Waals surface area contributed by atoms with Gasteiger partial charge in [-0.2, -0.15) is 0 Å². The molecule has 9 heteroatoms. The average molecular weight is 344 g/mol. The van der Waals surface area contributed by atoms with Crippen LogP contribution in [0.5, 0.6) is 0 Å². The van der Waals surface area contributed by atoms with Crippen molar-refractivity contribution in [3.05, 3.63) is 0 Å². The van der Waals surface area contributed by atoms with Gasteiger partial charge in [0.15, 0.2) is 11.2 Å². The molecule has 1 heterocycles. The highest BCUT2D eigenvalue weighted by Gasteiger charge is 2.62. The van der Waals surface area contributed by atoms with Gasteiger partial charge in [0.25, 0.3) is 5.91 Å². The van der Waals surface area contributed by atoms with Crippen molar-refractivity contribution >= 4 is 23.8 Å². The molecular weight excluding hydrogens is 320 g/mol. The van der Waals surface area contributed by atoms with Gasteiger partial charge in [0.1, 0.15) is 0 Å². The van der Waals surface area contributed by atoms with Crippen LogP contribution in [0.25, 0.3) is 0 Å². The lowest BCUT2D eigenvalue weighted by atomic mass is 9.84. The number of nitrogens with one attached hydrogen (secondary N) is 1. The Labute approximate surface area is 140 Å². The van der Waals surface area contributed by atoms with Crippen molar-refractivity contribution < 1.29 is 34.1 Å². The molecule has 9 nitrogen and oxygen atoms in total. The predicted octanol–water partition coefficient (Wildman–Crippen LogP) is 0.0401. The van der Waals surface area contributed by atoms with Crippen molar-refractivity contribution in [3.63, 3.8) is 0 Å². The molecule has 0 saturated carbocycles. The molecule has 1 aliphatic heterocycles. The summed E-state index contributed by atoms with van der Waals surface area (Å²) in [5.74, 6) is -4.54. The van der Waals surface area contributed by atoms with Crippen LogP contribution in [-0.2, 0) is 23.9 Å². The van der Waals surface area contributed by atoms with Crippen LogP contribution in [0, 0.1) is 5.41 Å². The van der Waals surface area contributed by atoms with E-state index in [1.54, 1.807) is 20.8 Å². The van der Waals surface area contributed by atoms with E-state index in [0.29, 0.717) is 0 Å². The molecule has 0 aliphatic carbocycles. The van der Waals surface area contributed by atoms with Gasteiger partial charge in [0.05, 0.1) is 5.41 Å². The lowest BCUT2D eigenvalue weighted by Gasteiger charge is -2.51. The van der Waals surface area contributed by atoms with Gasteiger partial charge in [-0.3, -0.25) is 19.7 Å². The van der Waals surface area contributed by atoms with Gasteiger partial charge in [0.2, 0.25) is 6.10 Å². The van der Waals surface area contributed by atoms with Crippen LogP contribution in [0.2, 0.25) is 0 Å². The molecule has 0 spiro atoms. The van der Waals surface area contributed by atoms with Crippen molar-refractivity contribution in [1.29, 1.82) is 0 Å². The highest BCUT2D eigenvalue weighted by atomic mass is 16.6. The minimum absolute atomic E-state index is 0.0760. The number of carbonyl (C=O) groups is 4. The number of nitrogens with zero attached hydrogens (tertiary/aromatic N) is 1. The minimum Gasteiger partial charge on any atom is -0.480 e. The summed E-state index contributed by atoms with van der Waals surface area (Å²) in [6, 6.07) is 0. The van der Waals surface area contributed by atoms with Crippen LogP contribution < -0.4 is 5.32 Å². The highest BCUT2D eigenvalue weighted by Crippen LogP contribution is 2.32. The van der Waals surface area contributed by atoms with Crippen molar-refractivity contribution in [3.8, 4) is 0 Å². The second kappa shape index (κ2) is 6.04. The molecule has 0 aromatic carbocycles. The number of carboxylic acid groups (broad SMARTS) is 2. The molecule has 3 atom stereocenters. The third kappa shape index (κ3) is 2.95. The summed E-state index contributed by atoms with van der Waals surface area (Å²) in [6.07, 6.45) is -1.77.